The Labute approximate surface area is 204 Å². The molecule has 0 spiro atoms. The lowest BCUT2D eigenvalue weighted by Gasteiger charge is -2.11. The molecule has 0 saturated carbocycles. The van der Waals surface area contributed by atoms with E-state index in [0.717, 1.165) is 47.6 Å². The van der Waals surface area contributed by atoms with Crippen LogP contribution >= 0.6 is 0 Å². The lowest BCUT2D eigenvalue weighted by atomic mass is 10.1. The van der Waals surface area contributed by atoms with Gasteiger partial charge in [0.05, 0.1) is 11.0 Å². The molecule has 5 heteroatoms. The van der Waals surface area contributed by atoms with E-state index >= 15 is 0 Å². The normalized spacial score (nSPS) is 11.1. The van der Waals surface area contributed by atoms with Crippen molar-refractivity contribution in [3.8, 4) is 5.75 Å². The first-order valence-corrected chi connectivity index (χ1v) is 13.0. The minimum atomic E-state index is -0.0857. The summed E-state index contributed by atoms with van der Waals surface area (Å²) in [5, 5.41) is 2.99. The molecule has 3 aromatic rings. The number of nitrogens with zero attached hydrogens (tertiary/aromatic N) is 2. The highest BCUT2D eigenvalue weighted by Gasteiger charge is 2.11. The number of amides is 1. The molecule has 1 amide bonds. The minimum absolute atomic E-state index is 0.0427. The summed E-state index contributed by atoms with van der Waals surface area (Å²) in [5.74, 6) is 1.81. The summed E-state index contributed by atoms with van der Waals surface area (Å²) in [6.45, 7) is 7.95. The molecule has 0 aliphatic heterocycles. The van der Waals surface area contributed by atoms with Crippen molar-refractivity contribution in [1.29, 1.82) is 0 Å². The van der Waals surface area contributed by atoms with E-state index in [0.29, 0.717) is 6.54 Å². The highest BCUT2D eigenvalue weighted by atomic mass is 16.5. The van der Waals surface area contributed by atoms with E-state index < -0.39 is 0 Å². The third-order valence-corrected chi connectivity index (χ3v) is 6.32. The predicted octanol–water partition coefficient (Wildman–Crippen LogP) is 6.53. The number of ether oxygens (including phenoxy) is 1. The number of nitrogens with one attached hydrogen (secondary N) is 1. The average Bonchev–Trinajstić information content (AvgIpc) is 3.19. The summed E-state index contributed by atoms with van der Waals surface area (Å²) in [5.41, 5.74) is 4.44. The molecule has 3 rings (SSSR count). The van der Waals surface area contributed by atoms with Crippen molar-refractivity contribution >= 4 is 16.9 Å². The van der Waals surface area contributed by atoms with Crippen LogP contribution in [0, 0.1) is 13.8 Å². The highest BCUT2D eigenvalue weighted by Crippen LogP contribution is 2.20. The smallest absolute Gasteiger partial charge is 0.257 e. The zero-order valence-electron chi connectivity index (χ0n) is 21.2. The molecular weight excluding hydrogens is 422 g/mol. The number of rotatable bonds is 15. The van der Waals surface area contributed by atoms with Gasteiger partial charge in [0.15, 0.2) is 6.61 Å². The van der Waals surface area contributed by atoms with Gasteiger partial charge in [0, 0.05) is 19.5 Å². The number of carbonyl (C=O) groups excluding carboxylic acids is 1. The molecule has 1 heterocycles. The van der Waals surface area contributed by atoms with Crippen LogP contribution in [0.1, 0.15) is 75.2 Å². The third-order valence-electron chi connectivity index (χ3n) is 6.32. The maximum atomic E-state index is 12.2. The fraction of sp³-hybridized carbons (Fsp3) is 0.517. The van der Waals surface area contributed by atoms with Crippen molar-refractivity contribution in [2.24, 2.45) is 0 Å². The summed E-state index contributed by atoms with van der Waals surface area (Å²) in [4.78, 5) is 17.1. The second-order valence-corrected chi connectivity index (χ2v) is 9.30. The number of carbonyl (C=O) groups is 1. The van der Waals surface area contributed by atoms with Crippen LogP contribution < -0.4 is 10.1 Å². The van der Waals surface area contributed by atoms with Crippen molar-refractivity contribution in [2.75, 3.05) is 13.2 Å². The Morgan fingerprint density at radius 1 is 0.971 bits per heavy atom. The van der Waals surface area contributed by atoms with Gasteiger partial charge in [-0.3, -0.25) is 4.79 Å². The van der Waals surface area contributed by atoms with Crippen molar-refractivity contribution in [2.45, 2.75) is 85.1 Å². The number of fused-ring (bicyclic) bond motifs is 1. The average molecular weight is 464 g/mol. The maximum Gasteiger partial charge on any atom is 0.257 e. The zero-order valence-corrected chi connectivity index (χ0v) is 21.2. The van der Waals surface area contributed by atoms with Crippen LogP contribution in [0.4, 0.5) is 0 Å². The number of hydrogen-bond donors (Lipinski definition) is 1. The fourth-order valence-electron chi connectivity index (χ4n) is 4.32. The molecule has 0 saturated heterocycles. The van der Waals surface area contributed by atoms with Crippen LogP contribution in [0.2, 0.25) is 0 Å². The van der Waals surface area contributed by atoms with E-state index in [1.165, 1.54) is 50.5 Å². The van der Waals surface area contributed by atoms with Gasteiger partial charge in [0.25, 0.3) is 5.91 Å². The monoisotopic (exact) mass is 463 g/mol. The zero-order chi connectivity index (χ0) is 24.2. The van der Waals surface area contributed by atoms with Gasteiger partial charge < -0.3 is 14.6 Å². The molecule has 0 radical (unpaired) electrons. The summed E-state index contributed by atoms with van der Waals surface area (Å²) >= 11 is 0. The van der Waals surface area contributed by atoms with E-state index in [2.05, 4.69) is 35.0 Å². The summed E-state index contributed by atoms with van der Waals surface area (Å²) < 4.78 is 8.09. The molecule has 5 nitrogen and oxygen atoms in total. The Kier molecular flexibility index (Phi) is 10.5. The first-order valence-electron chi connectivity index (χ1n) is 13.0. The van der Waals surface area contributed by atoms with Gasteiger partial charge in [-0.15, -0.1) is 0 Å². The summed E-state index contributed by atoms with van der Waals surface area (Å²) in [6, 6.07) is 14.4. The van der Waals surface area contributed by atoms with Gasteiger partial charge in [-0.2, -0.15) is 0 Å². The van der Waals surface area contributed by atoms with Gasteiger partial charge in [0.1, 0.15) is 11.6 Å². The molecule has 0 bridgehead atoms. The molecule has 0 fully saturated rings. The topological polar surface area (TPSA) is 56.2 Å². The van der Waals surface area contributed by atoms with Gasteiger partial charge >= 0.3 is 0 Å². The predicted molar refractivity (Wildman–Crippen MR) is 140 cm³/mol. The van der Waals surface area contributed by atoms with Gasteiger partial charge in [-0.1, -0.05) is 69.7 Å². The first kappa shape index (κ1) is 25.8. The molecule has 0 atom stereocenters. The Balaban J connectivity index is 1.44. The Morgan fingerprint density at radius 2 is 1.74 bits per heavy atom. The number of imidazole rings is 1. The SMILES string of the molecule is CCCCCCCCCn1c(CCCNC(=O)COc2cc(C)ccc2C)nc2ccccc21. The molecule has 2 aromatic carbocycles. The third kappa shape index (κ3) is 7.89. The second kappa shape index (κ2) is 13.8. The highest BCUT2D eigenvalue weighted by molar-refractivity contribution is 5.77. The van der Waals surface area contributed by atoms with Crippen molar-refractivity contribution in [1.82, 2.24) is 14.9 Å². The van der Waals surface area contributed by atoms with Gasteiger partial charge in [-0.05, 0) is 56.0 Å². The standard InChI is InChI=1S/C29H41N3O2/c1-4-5-6-7-8-9-12-20-32-26-15-11-10-14-25(26)31-28(32)16-13-19-30-29(33)22-34-27-21-23(2)17-18-24(27)3/h10-11,14-15,17-18,21H,4-9,12-13,16,19-20,22H2,1-3H3,(H,30,33). The van der Waals surface area contributed by atoms with E-state index in [1.807, 2.05) is 38.1 Å². The Hall–Kier alpha value is -2.82. The number of para-hydroxylation sites is 2. The minimum Gasteiger partial charge on any atom is -0.483 e. The number of hydrogen-bond acceptors (Lipinski definition) is 3. The van der Waals surface area contributed by atoms with Crippen LogP contribution in [-0.4, -0.2) is 28.6 Å². The fourth-order valence-corrected chi connectivity index (χ4v) is 4.32. The van der Waals surface area contributed by atoms with E-state index in [-0.39, 0.29) is 12.5 Å². The quantitative estimate of drug-likeness (QED) is 0.261. The molecule has 34 heavy (non-hydrogen) atoms. The lowest BCUT2D eigenvalue weighted by Crippen LogP contribution is -2.30. The Morgan fingerprint density at radius 3 is 2.56 bits per heavy atom. The molecule has 0 unspecified atom stereocenters. The van der Waals surface area contributed by atoms with Crippen molar-refractivity contribution < 1.29 is 9.53 Å². The Bertz CT molecular complexity index is 1040. The second-order valence-electron chi connectivity index (χ2n) is 9.30. The molecule has 184 valence electrons. The maximum absolute atomic E-state index is 12.2. The molecule has 0 aliphatic carbocycles. The molecule has 1 aromatic heterocycles. The summed E-state index contributed by atoms with van der Waals surface area (Å²) in [6.07, 6.45) is 10.8. The van der Waals surface area contributed by atoms with E-state index in [1.54, 1.807) is 0 Å². The van der Waals surface area contributed by atoms with E-state index in [9.17, 15) is 4.79 Å². The van der Waals surface area contributed by atoms with Crippen LogP contribution in [0.25, 0.3) is 11.0 Å². The van der Waals surface area contributed by atoms with Crippen molar-refractivity contribution in [3.05, 3.63) is 59.4 Å². The van der Waals surface area contributed by atoms with Gasteiger partial charge in [-0.25, -0.2) is 4.98 Å². The van der Waals surface area contributed by atoms with Gasteiger partial charge in [0.2, 0.25) is 0 Å². The number of benzene rings is 2. The first-order chi connectivity index (χ1) is 16.6. The van der Waals surface area contributed by atoms with Crippen LogP contribution in [-0.2, 0) is 17.8 Å². The molecular formula is C29H41N3O2. The van der Waals surface area contributed by atoms with Crippen LogP contribution in [0.15, 0.2) is 42.5 Å². The lowest BCUT2D eigenvalue weighted by molar-refractivity contribution is -0.123. The number of aromatic nitrogens is 2. The number of aryl methyl sites for hydroxylation is 4. The van der Waals surface area contributed by atoms with Crippen LogP contribution in [0.3, 0.4) is 0 Å². The van der Waals surface area contributed by atoms with Crippen molar-refractivity contribution in [3.63, 3.8) is 0 Å². The summed E-state index contributed by atoms with van der Waals surface area (Å²) in [7, 11) is 0. The molecule has 1 N–H and O–H groups in total. The number of unbranched alkanes of at least 4 members (excludes halogenated alkanes) is 6. The van der Waals surface area contributed by atoms with E-state index in [4.69, 9.17) is 9.72 Å². The largest absolute Gasteiger partial charge is 0.483 e. The van der Waals surface area contributed by atoms with Crippen LogP contribution in [0.5, 0.6) is 5.75 Å². The molecule has 0 aliphatic rings.